The number of carboxylic acids is 1. The highest BCUT2D eigenvalue weighted by molar-refractivity contribution is 7.89. The molecule has 150 valence electrons. The lowest BCUT2D eigenvalue weighted by Gasteiger charge is -2.29. The lowest BCUT2D eigenvalue weighted by atomic mass is 9.90. The fraction of sp³-hybridized carbons (Fsp3) is 0.632. The van der Waals surface area contributed by atoms with Crippen molar-refractivity contribution in [2.75, 3.05) is 39.4 Å². The molecule has 2 N–H and O–H groups in total. The maximum absolute atomic E-state index is 12.9. The number of hydrogen-bond acceptors (Lipinski definition) is 5. The van der Waals surface area contributed by atoms with E-state index in [0.29, 0.717) is 26.2 Å². The van der Waals surface area contributed by atoms with Crippen molar-refractivity contribution in [2.24, 2.45) is 5.92 Å². The van der Waals surface area contributed by atoms with Crippen molar-refractivity contribution in [2.45, 2.75) is 37.5 Å². The molecule has 0 bridgehead atoms. The summed E-state index contributed by atoms with van der Waals surface area (Å²) in [4.78, 5) is 13.8. The first-order valence-electron chi connectivity index (χ1n) is 9.55. The van der Waals surface area contributed by atoms with Crippen LogP contribution < -0.4 is 4.72 Å². The zero-order valence-corrected chi connectivity index (χ0v) is 16.6. The summed E-state index contributed by atoms with van der Waals surface area (Å²) in [5.41, 5.74) is 1.67. The summed E-state index contributed by atoms with van der Waals surface area (Å²) in [5.74, 6) is -0.947. The Balaban J connectivity index is 1.73. The molecule has 0 spiro atoms. The van der Waals surface area contributed by atoms with Gasteiger partial charge in [0.1, 0.15) is 0 Å². The van der Waals surface area contributed by atoms with Gasteiger partial charge in [0.05, 0.1) is 23.7 Å². The van der Waals surface area contributed by atoms with Gasteiger partial charge < -0.3 is 9.84 Å². The molecular weight excluding hydrogens is 368 g/mol. The molecule has 1 aromatic carbocycles. The highest BCUT2D eigenvalue weighted by Crippen LogP contribution is 2.29. The van der Waals surface area contributed by atoms with Gasteiger partial charge in [-0.2, -0.15) is 0 Å². The van der Waals surface area contributed by atoms with Gasteiger partial charge in [-0.3, -0.25) is 4.90 Å². The lowest BCUT2D eigenvalue weighted by Crippen LogP contribution is -2.41. The second-order valence-electron chi connectivity index (χ2n) is 7.49. The van der Waals surface area contributed by atoms with Crippen molar-refractivity contribution >= 4 is 16.0 Å². The molecule has 8 heteroatoms. The molecule has 1 aliphatic heterocycles. The first kappa shape index (κ1) is 20.3. The topological polar surface area (TPSA) is 95.9 Å². The predicted octanol–water partition coefficient (Wildman–Crippen LogP) is 1.51. The average Bonchev–Trinajstić information content (AvgIpc) is 2.66. The monoisotopic (exact) mass is 396 g/mol. The largest absolute Gasteiger partial charge is 0.478 e. The van der Waals surface area contributed by atoms with Gasteiger partial charge in [0, 0.05) is 26.2 Å². The predicted molar refractivity (Wildman–Crippen MR) is 102 cm³/mol. The summed E-state index contributed by atoms with van der Waals surface area (Å²) in [6.07, 6.45) is 3.29. The summed E-state index contributed by atoms with van der Waals surface area (Å²) in [6.45, 7) is 6.31. The zero-order valence-electron chi connectivity index (χ0n) is 15.7. The van der Waals surface area contributed by atoms with Crippen LogP contribution in [-0.4, -0.2) is 63.8 Å². The van der Waals surface area contributed by atoms with Crippen LogP contribution in [0.25, 0.3) is 0 Å². The van der Waals surface area contributed by atoms with Gasteiger partial charge in [-0.15, -0.1) is 0 Å². The average molecular weight is 397 g/mol. The number of sulfonamides is 1. The third-order valence-corrected chi connectivity index (χ3v) is 6.75. The van der Waals surface area contributed by atoms with Crippen LogP contribution in [0.2, 0.25) is 0 Å². The van der Waals surface area contributed by atoms with Crippen LogP contribution >= 0.6 is 0 Å². The van der Waals surface area contributed by atoms with Gasteiger partial charge in [-0.25, -0.2) is 17.9 Å². The number of benzene rings is 1. The molecule has 1 aromatic rings. The maximum Gasteiger partial charge on any atom is 0.335 e. The van der Waals surface area contributed by atoms with E-state index in [0.717, 1.165) is 50.0 Å². The molecule has 3 rings (SSSR count). The van der Waals surface area contributed by atoms with Crippen LogP contribution in [0.5, 0.6) is 0 Å². The molecule has 1 fully saturated rings. The molecule has 1 aliphatic carbocycles. The number of aryl methyl sites for hydroxylation is 1. The molecule has 1 unspecified atom stereocenters. The van der Waals surface area contributed by atoms with Crippen LogP contribution in [0.3, 0.4) is 0 Å². The van der Waals surface area contributed by atoms with Gasteiger partial charge in [0.15, 0.2) is 0 Å². The van der Waals surface area contributed by atoms with E-state index >= 15 is 0 Å². The van der Waals surface area contributed by atoms with Crippen LogP contribution in [0.4, 0.5) is 0 Å². The second kappa shape index (κ2) is 8.68. The number of nitrogens with zero attached hydrogens (tertiary/aromatic N) is 1. The summed E-state index contributed by atoms with van der Waals surface area (Å²) >= 11 is 0. The summed E-state index contributed by atoms with van der Waals surface area (Å²) in [7, 11) is -3.75. The maximum atomic E-state index is 12.9. The van der Waals surface area contributed by atoms with E-state index in [1.807, 2.05) is 6.92 Å². The SMILES string of the molecule is CC(CNS(=O)(=O)c1cc(C(=O)O)cc2c1CCCC2)CN1CCOCC1. The van der Waals surface area contributed by atoms with E-state index in [1.165, 1.54) is 6.07 Å². The quantitative estimate of drug-likeness (QED) is 0.725. The van der Waals surface area contributed by atoms with Crippen LogP contribution in [-0.2, 0) is 27.6 Å². The number of carboxylic acid groups (broad SMARTS) is 1. The smallest absolute Gasteiger partial charge is 0.335 e. The van der Waals surface area contributed by atoms with E-state index in [4.69, 9.17) is 4.74 Å². The molecule has 0 radical (unpaired) electrons. The van der Waals surface area contributed by atoms with Gasteiger partial charge >= 0.3 is 5.97 Å². The van der Waals surface area contributed by atoms with Gasteiger partial charge in [0.2, 0.25) is 10.0 Å². The minimum atomic E-state index is -3.75. The van der Waals surface area contributed by atoms with E-state index < -0.39 is 16.0 Å². The molecule has 2 aliphatic rings. The zero-order chi connectivity index (χ0) is 19.4. The molecule has 0 saturated carbocycles. The van der Waals surface area contributed by atoms with Gasteiger partial charge in [-0.05, 0) is 54.9 Å². The number of rotatable bonds is 7. The molecule has 1 atom stereocenters. The van der Waals surface area contributed by atoms with Crippen LogP contribution in [0, 0.1) is 5.92 Å². The van der Waals surface area contributed by atoms with E-state index in [2.05, 4.69) is 9.62 Å². The Morgan fingerprint density at radius 1 is 1.26 bits per heavy atom. The highest BCUT2D eigenvalue weighted by atomic mass is 32.2. The summed E-state index contributed by atoms with van der Waals surface area (Å²) in [5, 5.41) is 9.35. The molecule has 0 aromatic heterocycles. The molecule has 27 heavy (non-hydrogen) atoms. The Kier molecular flexibility index (Phi) is 6.52. The number of aromatic carboxylic acids is 1. The standard InChI is InChI=1S/C19H28N2O5S/c1-14(13-21-6-8-26-9-7-21)12-20-27(24,25)18-11-16(19(22)23)10-15-4-2-3-5-17(15)18/h10-11,14,20H,2-9,12-13H2,1H3,(H,22,23). The number of nitrogens with one attached hydrogen (secondary N) is 1. The molecule has 7 nitrogen and oxygen atoms in total. The highest BCUT2D eigenvalue weighted by Gasteiger charge is 2.26. The minimum absolute atomic E-state index is 0.0393. The van der Waals surface area contributed by atoms with Crippen molar-refractivity contribution < 1.29 is 23.1 Å². The van der Waals surface area contributed by atoms with Crippen molar-refractivity contribution in [3.8, 4) is 0 Å². The Morgan fingerprint density at radius 3 is 2.67 bits per heavy atom. The Morgan fingerprint density at radius 2 is 1.96 bits per heavy atom. The first-order valence-corrected chi connectivity index (χ1v) is 11.0. The van der Waals surface area contributed by atoms with E-state index in [-0.39, 0.29) is 16.4 Å². The summed E-state index contributed by atoms with van der Waals surface area (Å²) in [6, 6.07) is 2.93. The summed E-state index contributed by atoms with van der Waals surface area (Å²) < 4.78 is 33.9. The number of morpholine rings is 1. The number of ether oxygens (including phenoxy) is 1. The molecule has 1 saturated heterocycles. The molecule has 0 amide bonds. The minimum Gasteiger partial charge on any atom is -0.478 e. The first-order chi connectivity index (χ1) is 12.9. The Hall–Kier alpha value is -1.48. The van der Waals surface area contributed by atoms with Crippen molar-refractivity contribution in [1.82, 2.24) is 9.62 Å². The molecule has 1 heterocycles. The number of carbonyl (C=O) groups is 1. The van der Waals surface area contributed by atoms with Crippen molar-refractivity contribution in [3.05, 3.63) is 28.8 Å². The third-order valence-electron chi connectivity index (χ3n) is 5.26. The van der Waals surface area contributed by atoms with Crippen LogP contribution in [0.1, 0.15) is 41.3 Å². The Bertz CT molecular complexity index is 788. The third kappa shape index (κ3) is 5.07. The Labute approximate surface area is 160 Å². The molecular formula is C19H28N2O5S. The van der Waals surface area contributed by atoms with Crippen molar-refractivity contribution in [1.29, 1.82) is 0 Å². The fourth-order valence-corrected chi connectivity index (χ4v) is 5.31. The normalized spacial score (nSPS) is 19.4. The van der Waals surface area contributed by atoms with Crippen molar-refractivity contribution in [3.63, 3.8) is 0 Å². The lowest BCUT2D eigenvalue weighted by molar-refractivity contribution is 0.0321. The van der Waals surface area contributed by atoms with E-state index in [9.17, 15) is 18.3 Å². The number of hydrogen-bond donors (Lipinski definition) is 2. The number of fused-ring (bicyclic) bond motifs is 1. The van der Waals surface area contributed by atoms with E-state index in [1.54, 1.807) is 6.07 Å². The van der Waals surface area contributed by atoms with Crippen LogP contribution in [0.15, 0.2) is 17.0 Å². The van der Waals surface area contributed by atoms with Gasteiger partial charge in [-0.1, -0.05) is 6.92 Å². The second-order valence-corrected chi connectivity index (χ2v) is 9.23. The fourth-order valence-electron chi connectivity index (χ4n) is 3.81. The van der Waals surface area contributed by atoms with Gasteiger partial charge in [0.25, 0.3) is 0 Å².